The molecule has 0 saturated heterocycles. The predicted molar refractivity (Wildman–Crippen MR) is 67.0 cm³/mol. The summed E-state index contributed by atoms with van der Waals surface area (Å²) in [4.78, 5) is 4.07. The molecule has 0 saturated carbocycles. The Morgan fingerprint density at radius 1 is 1.37 bits per heavy atom. The van der Waals surface area contributed by atoms with E-state index in [1.54, 1.807) is 17.0 Å². The lowest BCUT2D eigenvalue weighted by Gasteiger charge is -2.12. The number of rotatable bonds is 3. The van der Waals surface area contributed by atoms with E-state index in [1.165, 1.54) is 12.1 Å². The van der Waals surface area contributed by atoms with Gasteiger partial charge >= 0.3 is 6.18 Å². The molecule has 102 valence electrons. The fourth-order valence-electron chi connectivity index (χ4n) is 1.60. The molecule has 0 amide bonds. The Labute approximate surface area is 113 Å². The number of halogens is 4. The van der Waals surface area contributed by atoms with Gasteiger partial charge in [-0.2, -0.15) is 13.2 Å². The van der Waals surface area contributed by atoms with Gasteiger partial charge in [-0.05, 0) is 18.2 Å². The van der Waals surface area contributed by atoms with Gasteiger partial charge in [0.25, 0.3) is 0 Å². The molecule has 0 aliphatic carbocycles. The molecule has 0 aliphatic rings. The van der Waals surface area contributed by atoms with Crippen LogP contribution >= 0.6 is 11.6 Å². The van der Waals surface area contributed by atoms with Crippen molar-refractivity contribution >= 4 is 17.3 Å². The van der Waals surface area contributed by atoms with Crippen molar-refractivity contribution in [1.82, 2.24) is 9.55 Å². The molecule has 0 aliphatic heterocycles. The zero-order valence-electron chi connectivity index (χ0n) is 10.0. The van der Waals surface area contributed by atoms with Crippen molar-refractivity contribution in [3.8, 4) is 0 Å². The van der Waals surface area contributed by atoms with Crippen LogP contribution in [-0.4, -0.2) is 9.55 Å². The maximum absolute atomic E-state index is 12.7. The van der Waals surface area contributed by atoms with Gasteiger partial charge in [0.15, 0.2) is 0 Å². The van der Waals surface area contributed by atoms with Crippen LogP contribution in [0.5, 0.6) is 0 Å². The number of hydrogen-bond acceptors (Lipinski definition) is 2. The van der Waals surface area contributed by atoms with E-state index in [0.717, 1.165) is 11.9 Å². The van der Waals surface area contributed by atoms with E-state index in [4.69, 9.17) is 11.6 Å². The topological polar surface area (TPSA) is 29.9 Å². The number of nitrogens with zero attached hydrogens (tertiary/aromatic N) is 2. The highest BCUT2D eigenvalue weighted by Gasteiger charge is 2.33. The highest BCUT2D eigenvalue weighted by atomic mass is 35.5. The van der Waals surface area contributed by atoms with E-state index in [9.17, 15) is 13.2 Å². The number of benzene rings is 1. The second kappa shape index (κ2) is 5.13. The third kappa shape index (κ3) is 3.20. The molecule has 2 rings (SSSR count). The molecule has 2 aromatic rings. The summed E-state index contributed by atoms with van der Waals surface area (Å²) in [6.07, 6.45) is -1.07. The lowest BCUT2D eigenvalue weighted by Crippen LogP contribution is -2.09. The van der Waals surface area contributed by atoms with E-state index in [1.807, 2.05) is 7.05 Å². The summed E-state index contributed by atoms with van der Waals surface area (Å²) in [6.45, 7) is 0.336. The van der Waals surface area contributed by atoms with Gasteiger partial charge in [-0.3, -0.25) is 0 Å². The van der Waals surface area contributed by atoms with Crippen LogP contribution in [-0.2, 0) is 19.8 Å². The Bertz CT molecular complexity index is 578. The predicted octanol–water partition coefficient (Wildman–Crippen LogP) is 3.70. The van der Waals surface area contributed by atoms with Crippen molar-refractivity contribution in [1.29, 1.82) is 0 Å². The second-order valence-electron chi connectivity index (χ2n) is 4.00. The summed E-state index contributed by atoms with van der Waals surface area (Å²) in [5.74, 6) is 0.725. The Morgan fingerprint density at radius 2 is 2.11 bits per heavy atom. The lowest BCUT2D eigenvalue weighted by molar-refractivity contribution is -0.137. The summed E-state index contributed by atoms with van der Waals surface area (Å²) in [5.41, 5.74) is -0.501. The molecule has 0 unspecified atom stereocenters. The minimum Gasteiger partial charge on any atom is -0.378 e. The van der Waals surface area contributed by atoms with Gasteiger partial charge in [0.05, 0.1) is 17.1 Å². The zero-order valence-corrected chi connectivity index (χ0v) is 10.8. The van der Waals surface area contributed by atoms with Crippen LogP contribution in [0.2, 0.25) is 5.02 Å². The molecule has 19 heavy (non-hydrogen) atoms. The van der Waals surface area contributed by atoms with Crippen molar-refractivity contribution < 1.29 is 13.2 Å². The fourth-order valence-corrected chi connectivity index (χ4v) is 1.83. The first-order valence-electron chi connectivity index (χ1n) is 5.45. The number of anilines is 1. The van der Waals surface area contributed by atoms with E-state index in [0.29, 0.717) is 12.2 Å². The molecule has 1 N–H and O–H groups in total. The van der Waals surface area contributed by atoms with Crippen molar-refractivity contribution in [2.45, 2.75) is 12.7 Å². The van der Waals surface area contributed by atoms with Crippen LogP contribution in [0.3, 0.4) is 0 Å². The minimum absolute atomic E-state index is 0.310. The Balaban J connectivity index is 2.16. The van der Waals surface area contributed by atoms with Gasteiger partial charge in [0, 0.05) is 25.1 Å². The Kier molecular flexibility index (Phi) is 3.71. The van der Waals surface area contributed by atoms with Crippen LogP contribution in [0.1, 0.15) is 11.4 Å². The van der Waals surface area contributed by atoms with E-state index in [2.05, 4.69) is 10.3 Å². The normalized spacial score (nSPS) is 11.6. The fraction of sp³-hybridized carbons (Fsp3) is 0.250. The number of aryl methyl sites for hydroxylation is 1. The monoisotopic (exact) mass is 289 g/mol. The maximum atomic E-state index is 12.7. The van der Waals surface area contributed by atoms with E-state index < -0.39 is 11.7 Å². The molecule has 1 aromatic carbocycles. The highest BCUT2D eigenvalue weighted by Crippen LogP contribution is 2.36. The summed E-state index contributed by atoms with van der Waals surface area (Å²) in [6, 6.07) is 3.72. The van der Waals surface area contributed by atoms with Gasteiger partial charge in [-0.25, -0.2) is 4.98 Å². The molecule has 0 fully saturated rings. The highest BCUT2D eigenvalue weighted by molar-refractivity contribution is 6.31. The smallest absolute Gasteiger partial charge is 0.378 e. The van der Waals surface area contributed by atoms with Gasteiger partial charge in [-0.15, -0.1) is 0 Å². The van der Waals surface area contributed by atoms with Crippen molar-refractivity contribution in [2.75, 3.05) is 5.32 Å². The van der Waals surface area contributed by atoms with Crippen LogP contribution in [0.25, 0.3) is 0 Å². The lowest BCUT2D eigenvalue weighted by atomic mass is 10.2. The number of nitrogens with one attached hydrogen (secondary N) is 1. The van der Waals surface area contributed by atoms with E-state index >= 15 is 0 Å². The average Bonchev–Trinajstić information content (AvgIpc) is 2.72. The molecule has 3 nitrogen and oxygen atoms in total. The first-order chi connectivity index (χ1) is 8.88. The third-order valence-electron chi connectivity index (χ3n) is 2.64. The summed E-state index contributed by atoms with van der Waals surface area (Å²) >= 11 is 5.54. The Hall–Kier alpha value is -1.69. The average molecular weight is 290 g/mol. The van der Waals surface area contributed by atoms with Gasteiger partial charge in [0.1, 0.15) is 5.82 Å². The number of hydrogen-bond donors (Lipinski definition) is 1. The molecule has 1 heterocycles. The molecular weight excluding hydrogens is 279 g/mol. The SMILES string of the molecule is Cn1ccnc1CNc1ccc(Cl)c(C(F)(F)F)c1. The standard InChI is InChI=1S/C12H11ClF3N3/c1-19-5-4-17-11(19)7-18-8-2-3-10(13)9(6-8)12(14,15)16/h2-6,18H,7H2,1H3. The van der Waals surface area contributed by atoms with Crippen LogP contribution in [0.15, 0.2) is 30.6 Å². The summed E-state index contributed by atoms with van der Waals surface area (Å²) < 4.78 is 39.8. The molecular formula is C12H11ClF3N3. The van der Waals surface area contributed by atoms with Crippen molar-refractivity contribution in [3.05, 3.63) is 47.0 Å². The van der Waals surface area contributed by atoms with Gasteiger partial charge in [0.2, 0.25) is 0 Å². The van der Waals surface area contributed by atoms with Crippen LogP contribution in [0.4, 0.5) is 18.9 Å². The first kappa shape index (κ1) is 13.7. The zero-order chi connectivity index (χ0) is 14.0. The number of aromatic nitrogens is 2. The second-order valence-corrected chi connectivity index (χ2v) is 4.41. The van der Waals surface area contributed by atoms with Crippen molar-refractivity contribution in [3.63, 3.8) is 0 Å². The summed E-state index contributed by atoms with van der Waals surface area (Å²) in [7, 11) is 1.81. The molecule has 0 spiro atoms. The molecule has 0 radical (unpaired) electrons. The summed E-state index contributed by atoms with van der Waals surface area (Å²) in [5, 5.41) is 2.58. The van der Waals surface area contributed by atoms with Crippen LogP contribution < -0.4 is 5.32 Å². The molecule has 7 heteroatoms. The van der Waals surface area contributed by atoms with Gasteiger partial charge in [-0.1, -0.05) is 11.6 Å². The molecule has 0 atom stereocenters. The third-order valence-corrected chi connectivity index (χ3v) is 2.97. The van der Waals surface area contributed by atoms with Crippen LogP contribution in [0, 0.1) is 0 Å². The first-order valence-corrected chi connectivity index (χ1v) is 5.82. The molecule has 0 bridgehead atoms. The van der Waals surface area contributed by atoms with Crippen molar-refractivity contribution in [2.24, 2.45) is 7.05 Å². The number of imidazole rings is 1. The minimum atomic E-state index is -4.46. The Morgan fingerprint density at radius 3 is 2.68 bits per heavy atom. The van der Waals surface area contributed by atoms with E-state index in [-0.39, 0.29) is 5.02 Å². The molecule has 1 aromatic heterocycles. The maximum Gasteiger partial charge on any atom is 0.417 e. The number of alkyl halides is 3. The van der Waals surface area contributed by atoms with Gasteiger partial charge < -0.3 is 9.88 Å². The quantitative estimate of drug-likeness (QED) is 0.933. The largest absolute Gasteiger partial charge is 0.417 e.